The third kappa shape index (κ3) is 2.28. The molecule has 1 aromatic heterocycles. The number of phenolic OH excluding ortho intramolecular Hbond substituents is 1. The molecular weight excluding hydrogens is 274 g/mol. The van der Waals surface area contributed by atoms with Gasteiger partial charge in [0.2, 0.25) is 5.89 Å². The van der Waals surface area contributed by atoms with Crippen molar-refractivity contribution in [1.29, 1.82) is 0 Å². The normalized spacial score (nSPS) is 10.6. The minimum atomic E-state index is 0.0741. The number of fused-ring (bicyclic) bond motifs is 1. The summed E-state index contributed by atoms with van der Waals surface area (Å²) in [5.74, 6) is 0.417. The molecule has 3 rings (SSSR count). The van der Waals surface area contributed by atoms with E-state index in [-0.39, 0.29) is 10.9 Å². The van der Waals surface area contributed by atoms with E-state index in [9.17, 15) is 5.11 Å². The number of para-hydroxylation sites is 2. The molecule has 20 heavy (non-hydrogen) atoms. The monoisotopic (exact) mass is 285 g/mol. The second-order valence-corrected chi connectivity index (χ2v) is 4.65. The van der Waals surface area contributed by atoms with Gasteiger partial charge in [-0.3, -0.25) is 0 Å². The molecule has 5 nitrogen and oxygen atoms in total. The molecule has 3 aromatic rings. The molecule has 2 aromatic carbocycles. The van der Waals surface area contributed by atoms with Gasteiger partial charge in [-0.1, -0.05) is 12.1 Å². The highest BCUT2D eigenvalue weighted by Crippen LogP contribution is 2.33. The highest BCUT2D eigenvalue weighted by atomic mass is 32.1. The van der Waals surface area contributed by atoms with Crippen LogP contribution in [0.5, 0.6) is 5.75 Å². The van der Waals surface area contributed by atoms with E-state index in [0.29, 0.717) is 22.7 Å². The van der Waals surface area contributed by atoms with Gasteiger partial charge in [-0.15, -0.1) is 0 Å². The van der Waals surface area contributed by atoms with E-state index >= 15 is 0 Å². The number of hydrogen-bond acceptors (Lipinski definition) is 4. The zero-order chi connectivity index (χ0) is 14.1. The molecular formula is C14H11N3O2S. The van der Waals surface area contributed by atoms with E-state index in [1.165, 1.54) is 6.07 Å². The molecule has 0 aliphatic heterocycles. The first-order valence-corrected chi connectivity index (χ1v) is 6.30. The van der Waals surface area contributed by atoms with Crippen molar-refractivity contribution in [3.05, 3.63) is 42.5 Å². The van der Waals surface area contributed by atoms with Gasteiger partial charge < -0.3 is 20.6 Å². The zero-order valence-corrected chi connectivity index (χ0v) is 11.1. The van der Waals surface area contributed by atoms with E-state index in [4.69, 9.17) is 22.4 Å². The summed E-state index contributed by atoms with van der Waals surface area (Å²) in [5, 5.41) is 12.9. The van der Waals surface area contributed by atoms with Crippen LogP contribution in [0, 0.1) is 0 Å². The molecule has 0 bridgehead atoms. The minimum Gasteiger partial charge on any atom is -0.507 e. The number of nitrogens with one attached hydrogen (secondary N) is 1. The number of benzene rings is 2. The van der Waals surface area contributed by atoms with Gasteiger partial charge >= 0.3 is 0 Å². The van der Waals surface area contributed by atoms with Gasteiger partial charge in [-0.2, -0.15) is 0 Å². The van der Waals surface area contributed by atoms with Crippen LogP contribution in [0.1, 0.15) is 0 Å². The Kier molecular flexibility index (Phi) is 3.00. The molecule has 0 amide bonds. The summed E-state index contributed by atoms with van der Waals surface area (Å²) in [7, 11) is 0. The number of oxazole rings is 1. The molecule has 0 aliphatic rings. The van der Waals surface area contributed by atoms with E-state index in [1.807, 2.05) is 24.3 Å². The van der Waals surface area contributed by atoms with Crippen LogP contribution in [-0.4, -0.2) is 15.2 Å². The lowest BCUT2D eigenvalue weighted by atomic mass is 10.1. The average molecular weight is 285 g/mol. The Morgan fingerprint density at radius 3 is 2.80 bits per heavy atom. The quantitative estimate of drug-likeness (QED) is 0.496. The summed E-state index contributed by atoms with van der Waals surface area (Å²) in [4.78, 5) is 4.35. The molecule has 0 unspecified atom stereocenters. The second kappa shape index (κ2) is 4.82. The van der Waals surface area contributed by atoms with Gasteiger partial charge in [0.15, 0.2) is 10.7 Å². The molecule has 0 saturated heterocycles. The van der Waals surface area contributed by atoms with Gasteiger partial charge in [-0.25, -0.2) is 4.98 Å². The van der Waals surface area contributed by atoms with E-state index in [0.717, 1.165) is 5.52 Å². The largest absolute Gasteiger partial charge is 0.507 e. The van der Waals surface area contributed by atoms with Crippen LogP contribution in [0.25, 0.3) is 22.6 Å². The fourth-order valence-electron chi connectivity index (χ4n) is 1.91. The maximum absolute atomic E-state index is 9.96. The predicted octanol–water partition coefficient (Wildman–Crippen LogP) is 2.86. The number of anilines is 1. The van der Waals surface area contributed by atoms with Crippen molar-refractivity contribution in [3.8, 4) is 17.2 Å². The van der Waals surface area contributed by atoms with Crippen molar-refractivity contribution in [3.63, 3.8) is 0 Å². The van der Waals surface area contributed by atoms with Crippen molar-refractivity contribution in [1.82, 2.24) is 4.98 Å². The molecule has 0 aliphatic carbocycles. The number of aromatic hydroxyl groups is 1. The lowest BCUT2D eigenvalue weighted by Gasteiger charge is -2.06. The van der Waals surface area contributed by atoms with E-state index in [1.54, 1.807) is 12.1 Å². The summed E-state index contributed by atoms with van der Waals surface area (Å²) >= 11 is 4.79. The standard InChI is InChI=1S/C14H11N3O2S/c15-14(20)16-8-5-6-11(18)9(7-8)13-17-10-3-1-2-4-12(10)19-13/h1-7,18H,(H3,15,16,20). The van der Waals surface area contributed by atoms with Gasteiger partial charge in [0.25, 0.3) is 0 Å². The zero-order valence-electron chi connectivity index (χ0n) is 10.3. The Morgan fingerprint density at radius 1 is 1.25 bits per heavy atom. The molecule has 0 radical (unpaired) electrons. The van der Waals surface area contributed by atoms with Crippen molar-refractivity contribution in [2.24, 2.45) is 5.73 Å². The Morgan fingerprint density at radius 2 is 2.05 bits per heavy atom. The van der Waals surface area contributed by atoms with E-state index in [2.05, 4.69) is 10.3 Å². The Balaban J connectivity index is 2.10. The van der Waals surface area contributed by atoms with Crippen LogP contribution in [0.15, 0.2) is 46.9 Å². The van der Waals surface area contributed by atoms with Gasteiger partial charge in [-0.05, 0) is 42.5 Å². The minimum absolute atomic E-state index is 0.0741. The summed E-state index contributed by atoms with van der Waals surface area (Å²) in [6.07, 6.45) is 0. The van der Waals surface area contributed by atoms with Crippen LogP contribution in [0.3, 0.4) is 0 Å². The van der Waals surface area contributed by atoms with Crippen molar-refractivity contribution in [2.45, 2.75) is 0 Å². The summed E-state index contributed by atoms with van der Waals surface area (Å²) in [6.45, 7) is 0. The first-order valence-electron chi connectivity index (χ1n) is 5.89. The Bertz CT molecular complexity index is 765. The highest BCUT2D eigenvalue weighted by Gasteiger charge is 2.13. The van der Waals surface area contributed by atoms with Crippen LogP contribution in [0.2, 0.25) is 0 Å². The smallest absolute Gasteiger partial charge is 0.231 e. The number of rotatable bonds is 2. The number of nitrogens with two attached hydrogens (primary N) is 1. The number of phenols is 1. The molecule has 0 atom stereocenters. The van der Waals surface area contributed by atoms with Crippen molar-refractivity contribution < 1.29 is 9.52 Å². The lowest BCUT2D eigenvalue weighted by Crippen LogP contribution is -2.18. The van der Waals surface area contributed by atoms with Crippen LogP contribution < -0.4 is 11.1 Å². The third-order valence-corrected chi connectivity index (χ3v) is 2.89. The van der Waals surface area contributed by atoms with Crippen molar-refractivity contribution >= 4 is 34.1 Å². The fraction of sp³-hybridized carbons (Fsp3) is 0. The van der Waals surface area contributed by atoms with Gasteiger partial charge in [0.05, 0.1) is 5.56 Å². The first-order chi connectivity index (χ1) is 9.63. The first kappa shape index (κ1) is 12.4. The van der Waals surface area contributed by atoms with Crippen molar-refractivity contribution in [2.75, 3.05) is 5.32 Å². The Hall–Kier alpha value is -2.60. The average Bonchev–Trinajstić information content (AvgIpc) is 2.84. The summed E-state index contributed by atoms with van der Waals surface area (Å²) < 4.78 is 5.63. The molecule has 4 N–H and O–H groups in total. The molecule has 0 saturated carbocycles. The number of hydrogen-bond donors (Lipinski definition) is 3. The second-order valence-electron chi connectivity index (χ2n) is 4.21. The van der Waals surface area contributed by atoms with Crippen LogP contribution >= 0.6 is 12.2 Å². The molecule has 6 heteroatoms. The third-order valence-electron chi connectivity index (χ3n) is 2.79. The maximum atomic E-state index is 9.96. The van der Waals surface area contributed by atoms with Gasteiger partial charge in [0, 0.05) is 5.69 Å². The molecule has 1 heterocycles. The number of aromatic nitrogens is 1. The molecule has 0 spiro atoms. The topological polar surface area (TPSA) is 84.3 Å². The highest BCUT2D eigenvalue weighted by molar-refractivity contribution is 7.80. The molecule has 0 fully saturated rings. The van der Waals surface area contributed by atoms with Gasteiger partial charge in [0.1, 0.15) is 11.3 Å². The lowest BCUT2D eigenvalue weighted by molar-refractivity contribution is 0.474. The fourth-order valence-corrected chi connectivity index (χ4v) is 2.03. The Labute approximate surface area is 120 Å². The summed E-state index contributed by atoms with van der Waals surface area (Å²) in [5.41, 5.74) is 7.96. The van der Waals surface area contributed by atoms with Crippen LogP contribution in [-0.2, 0) is 0 Å². The number of thiocarbonyl (C=S) groups is 1. The molecule has 100 valence electrons. The summed E-state index contributed by atoms with van der Waals surface area (Å²) in [6, 6.07) is 12.3. The van der Waals surface area contributed by atoms with Crippen LogP contribution in [0.4, 0.5) is 5.69 Å². The maximum Gasteiger partial charge on any atom is 0.231 e. The van der Waals surface area contributed by atoms with E-state index < -0.39 is 0 Å². The number of nitrogens with zero attached hydrogens (tertiary/aromatic N) is 1. The SMILES string of the molecule is NC(=S)Nc1ccc(O)c(-c2nc3ccccc3o2)c1. The predicted molar refractivity (Wildman–Crippen MR) is 81.5 cm³/mol.